The number of halogens is 1. The first-order chi connectivity index (χ1) is 12.9. The Labute approximate surface area is 159 Å². The average Bonchev–Trinajstić information content (AvgIpc) is 2.69. The van der Waals surface area contributed by atoms with Gasteiger partial charge in [0.25, 0.3) is 5.91 Å². The van der Waals surface area contributed by atoms with Crippen molar-refractivity contribution < 1.29 is 17.6 Å². The zero-order chi connectivity index (χ0) is 19.4. The molecule has 0 saturated carbocycles. The summed E-state index contributed by atoms with van der Waals surface area (Å²) in [5.74, 6) is -0.523. The second kappa shape index (κ2) is 8.19. The van der Waals surface area contributed by atoms with Crippen LogP contribution in [0.2, 0.25) is 0 Å². The SMILES string of the molecule is Cc1ccc(C(=O)N2CCN(CCS(=O)(=O)c3ccccc3)CC2)cc1F. The Morgan fingerprint density at radius 2 is 1.70 bits per heavy atom. The molecule has 0 aliphatic carbocycles. The Morgan fingerprint density at radius 3 is 2.33 bits per heavy atom. The number of carbonyl (C=O) groups excluding carboxylic acids is 1. The molecule has 1 heterocycles. The van der Waals surface area contributed by atoms with Gasteiger partial charge in [-0.15, -0.1) is 0 Å². The molecule has 1 saturated heterocycles. The first-order valence-corrected chi connectivity index (χ1v) is 10.6. The van der Waals surface area contributed by atoms with Crippen LogP contribution in [0.4, 0.5) is 4.39 Å². The number of hydrogen-bond donors (Lipinski definition) is 0. The zero-order valence-corrected chi connectivity index (χ0v) is 16.1. The number of amides is 1. The van der Waals surface area contributed by atoms with Crippen molar-refractivity contribution in [2.24, 2.45) is 0 Å². The summed E-state index contributed by atoms with van der Waals surface area (Å²) >= 11 is 0. The number of aryl methyl sites for hydroxylation is 1. The van der Waals surface area contributed by atoms with Crippen molar-refractivity contribution in [1.82, 2.24) is 9.80 Å². The highest BCUT2D eigenvalue weighted by Crippen LogP contribution is 2.14. The molecule has 0 aromatic heterocycles. The van der Waals surface area contributed by atoms with Gasteiger partial charge < -0.3 is 4.90 Å². The molecule has 2 aromatic rings. The zero-order valence-electron chi connectivity index (χ0n) is 15.3. The van der Waals surface area contributed by atoms with Crippen molar-refractivity contribution in [3.05, 3.63) is 65.5 Å². The molecule has 0 N–H and O–H groups in total. The molecule has 0 radical (unpaired) electrons. The molecule has 27 heavy (non-hydrogen) atoms. The lowest BCUT2D eigenvalue weighted by atomic mass is 10.1. The number of hydrogen-bond acceptors (Lipinski definition) is 4. The number of rotatable bonds is 5. The van der Waals surface area contributed by atoms with Crippen molar-refractivity contribution in [2.45, 2.75) is 11.8 Å². The molecule has 0 bridgehead atoms. The second-order valence-electron chi connectivity index (χ2n) is 6.73. The lowest BCUT2D eigenvalue weighted by molar-refractivity contribution is 0.0643. The van der Waals surface area contributed by atoms with Crippen molar-refractivity contribution in [1.29, 1.82) is 0 Å². The molecule has 5 nitrogen and oxygen atoms in total. The molecule has 0 atom stereocenters. The molecule has 1 fully saturated rings. The molecule has 0 spiro atoms. The van der Waals surface area contributed by atoms with Gasteiger partial charge in [0, 0.05) is 38.3 Å². The van der Waals surface area contributed by atoms with Gasteiger partial charge in [0.15, 0.2) is 9.84 Å². The van der Waals surface area contributed by atoms with Crippen LogP contribution in [0.5, 0.6) is 0 Å². The summed E-state index contributed by atoms with van der Waals surface area (Å²) in [5.41, 5.74) is 0.856. The number of sulfone groups is 1. The monoisotopic (exact) mass is 390 g/mol. The minimum atomic E-state index is -3.31. The highest BCUT2D eigenvalue weighted by Gasteiger charge is 2.24. The second-order valence-corrected chi connectivity index (χ2v) is 8.84. The van der Waals surface area contributed by atoms with Crippen LogP contribution in [0.15, 0.2) is 53.4 Å². The van der Waals surface area contributed by atoms with Gasteiger partial charge >= 0.3 is 0 Å². The van der Waals surface area contributed by atoms with Crippen LogP contribution in [0.3, 0.4) is 0 Å². The van der Waals surface area contributed by atoms with E-state index in [0.29, 0.717) is 48.7 Å². The van der Waals surface area contributed by atoms with E-state index in [9.17, 15) is 17.6 Å². The minimum Gasteiger partial charge on any atom is -0.336 e. The van der Waals surface area contributed by atoms with Crippen molar-refractivity contribution >= 4 is 15.7 Å². The van der Waals surface area contributed by atoms with Crippen molar-refractivity contribution in [3.8, 4) is 0 Å². The fraction of sp³-hybridized carbons (Fsp3) is 0.350. The summed E-state index contributed by atoms with van der Waals surface area (Å²) in [4.78, 5) is 16.6. The van der Waals surface area contributed by atoms with E-state index in [2.05, 4.69) is 0 Å². The predicted octanol–water partition coefficient (Wildman–Crippen LogP) is 2.37. The summed E-state index contributed by atoms with van der Waals surface area (Å²) < 4.78 is 38.4. The quantitative estimate of drug-likeness (QED) is 0.787. The molecule has 2 aromatic carbocycles. The highest BCUT2D eigenvalue weighted by atomic mass is 32.2. The van der Waals surface area contributed by atoms with Crippen LogP contribution >= 0.6 is 0 Å². The fourth-order valence-electron chi connectivity index (χ4n) is 3.08. The molecular weight excluding hydrogens is 367 g/mol. The molecule has 1 aliphatic rings. The first-order valence-electron chi connectivity index (χ1n) is 8.92. The first kappa shape index (κ1) is 19.5. The number of piperazine rings is 1. The Kier molecular flexibility index (Phi) is 5.92. The number of nitrogens with zero attached hydrogens (tertiary/aromatic N) is 2. The summed E-state index contributed by atoms with van der Waals surface area (Å²) in [6.45, 7) is 4.29. The van der Waals surface area contributed by atoms with E-state index >= 15 is 0 Å². The van der Waals surface area contributed by atoms with Gasteiger partial charge in [0.05, 0.1) is 10.6 Å². The Morgan fingerprint density at radius 1 is 1.04 bits per heavy atom. The van der Waals surface area contributed by atoms with E-state index in [1.165, 1.54) is 6.07 Å². The maximum atomic E-state index is 13.7. The molecule has 1 aliphatic heterocycles. The van der Waals surface area contributed by atoms with Crippen LogP contribution in [0.25, 0.3) is 0 Å². The normalized spacial score (nSPS) is 15.7. The Hall–Kier alpha value is -2.25. The molecule has 7 heteroatoms. The maximum absolute atomic E-state index is 13.7. The number of benzene rings is 2. The van der Waals surface area contributed by atoms with Crippen LogP contribution in [-0.2, 0) is 9.84 Å². The van der Waals surface area contributed by atoms with Gasteiger partial charge in [-0.3, -0.25) is 9.69 Å². The molecule has 1 amide bonds. The standard InChI is InChI=1S/C20H23FN2O3S/c1-16-7-8-17(15-19(16)21)20(24)23-11-9-22(10-12-23)13-14-27(25,26)18-5-3-2-4-6-18/h2-8,15H,9-14H2,1H3. The molecule has 144 valence electrons. The lowest BCUT2D eigenvalue weighted by Crippen LogP contribution is -2.49. The van der Waals surface area contributed by atoms with Gasteiger partial charge in [-0.25, -0.2) is 12.8 Å². The predicted molar refractivity (Wildman–Crippen MR) is 102 cm³/mol. The highest BCUT2D eigenvalue weighted by molar-refractivity contribution is 7.91. The summed E-state index contributed by atoms with van der Waals surface area (Å²) in [6.07, 6.45) is 0. The third-order valence-electron chi connectivity index (χ3n) is 4.86. The van der Waals surface area contributed by atoms with Gasteiger partial charge in [-0.05, 0) is 36.8 Å². The van der Waals surface area contributed by atoms with Crippen LogP contribution < -0.4 is 0 Å². The van der Waals surface area contributed by atoms with Crippen LogP contribution in [-0.4, -0.2) is 62.6 Å². The summed E-state index contributed by atoms with van der Waals surface area (Å²) in [5, 5.41) is 0. The van der Waals surface area contributed by atoms with Crippen LogP contribution in [0, 0.1) is 12.7 Å². The van der Waals surface area contributed by atoms with E-state index in [1.54, 1.807) is 54.3 Å². The third kappa shape index (κ3) is 4.73. The van der Waals surface area contributed by atoms with Gasteiger partial charge in [0.1, 0.15) is 5.82 Å². The fourth-order valence-corrected chi connectivity index (χ4v) is 4.38. The molecule has 3 rings (SSSR count). The largest absolute Gasteiger partial charge is 0.336 e. The smallest absolute Gasteiger partial charge is 0.254 e. The third-order valence-corrected chi connectivity index (χ3v) is 6.57. The lowest BCUT2D eigenvalue weighted by Gasteiger charge is -2.34. The Balaban J connectivity index is 1.53. The van der Waals surface area contributed by atoms with E-state index in [0.717, 1.165) is 0 Å². The van der Waals surface area contributed by atoms with Crippen molar-refractivity contribution in [3.63, 3.8) is 0 Å². The van der Waals surface area contributed by atoms with E-state index < -0.39 is 9.84 Å². The summed E-state index contributed by atoms with van der Waals surface area (Å²) in [7, 11) is -3.31. The van der Waals surface area contributed by atoms with E-state index in [1.807, 2.05) is 4.90 Å². The van der Waals surface area contributed by atoms with Gasteiger partial charge in [0.2, 0.25) is 0 Å². The van der Waals surface area contributed by atoms with Crippen LogP contribution in [0.1, 0.15) is 15.9 Å². The van der Waals surface area contributed by atoms with E-state index in [4.69, 9.17) is 0 Å². The summed E-state index contributed by atoms with van der Waals surface area (Å²) in [6, 6.07) is 12.9. The van der Waals surface area contributed by atoms with Gasteiger partial charge in [-0.2, -0.15) is 0 Å². The Bertz CT molecular complexity index is 908. The topological polar surface area (TPSA) is 57.7 Å². The molecule has 0 unspecified atom stereocenters. The van der Waals surface area contributed by atoms with Gasteiger partial charge in [-0.1, -0.05) is 24.3 Å². The van der Waals surface area contributed by atoms with Crippen molar-refractivity contribution in [2.75, 3.05) is 38.5 Å². The minimum absolute atomic E-state index is 0.0497. The maximum Gasteiger partial charge on any atom is 0.254 e. The molecular formula is C20H23FN2O3S. The van der Waals surface area contributed by atoms with E-state index in [-0.39, 0.29) is 17.5 Å². The average molecular weight is 390 g/mol. The number of carbonyl (C=O) groups is 1.